The molecule has 0 aliphatic carbocycles. The molecular weight excluding hydrogens is 404 g/mol. The fourth-order valence-corrected chi connectivity index (χ4v) is 3.07. The predicted molar refractivity (Wildman–Crippen MR) is 126 cm³/mol. The number of amides is 1. The number of nitrogens with zero attached hydrogens (tertiary/aromatic N) is 3. The second kappa shape index (κ2) is 12.2. The van der Waals surface area contributed by atoms with Crippen LogP contribution in [0.5, 0.6) is 0 Å². The van der Waals surface area contributed by atoms with Crippen molar-refractivity contribution in [3.8, 4) is 11.5 Å². The molecular formula is C25H28N4O3. The zero-order valence-corrected chi connectivity index (χ0v) is 18.4. The lowest BCUT2D eigenvalue weighted by molar-refractivity contribution is -0.105. The number of nitrogens with one attached hydrogen (secondary N) is 1. The highest BCUT2D eigenvalue weighted by Gasteiger charge is 2.10. The fourth-order valence-electron chi connectivity index (χ4n) is 3.07. The van der Waals surface area contributed by atoms with E-state index in [4.69, 9.17) is 9.15 Å². The number of carbonyl (C=O) groups excluding carboxylic acids is 1. The van der Waals surface area contributed by atoms with Crippen molar-refractivity contribution in [1.29, 1.82) is 0 Å². The van der Waals surface area contributed by atoms with E-state index < -0.39 is 0 Å². The van der Waals surface area contributed by atoms with Gasteiger partial charge in [0, 0.05) is 36.2 Å². The third-order valence-corrected chi connectivity index (χ3v) is 4.73. The van der Waals surface area contributed by atoms with Gasteiger partial charge in [0.15, 0.2) is 0 Å². The van der Waals surface area contributed by atoms with E-state index in [2.05, 4.69) is 51.4 Å². The van der Waals surface area contributed by atoms with Gasteiger partial charge in [-0.3, -0.25) is 4.79 Å². The van der Waals surface area contributed by atoms with Gasteiger partial charge in [0.25, 0.3) is 0 Å². The minimum Gasteiger partial charge on any atom is -0.446 e. The van der Waals surface area contributed by atoms with Crippen LogP contribution < -0.4 is 10.2 Å². The SMILES string of the molecule is Cc1ccc(N2CCOCC2)cc1.Cc1nccccoc(-c2cccc(NC=O)c2)n1. The van der Waals surface area contributed by atoms with E-state index in [1.165, 1.54) is 17.5 Å². The molecule has 0 saturated carbocycles. The number of anilines is 2. The third-order valence-electron chi connectivity index (χ3n) is 4.73. The molecule has 1 fully saturated rings. The molecule has 32 heavy (non-hydrogen) atoms. The Morgan fingerprint density at radius 1 is 1.00 bits per heavy atom. The molecule has 1 N–H and O–H groups in total. The minimum absolute atomic E-state index is 0.427. The number of hydrogen-bond donors (Lipinski definition) is 1. The van der Waals surface area contributed by atoms with Gasteiger partial charge in [-0.2, -0.15) is 4.98 Å². The Morgan fingerprint density at radius 3 is 2.53 bits per heavy atom. The maximum atomic E-state index is 10.4. The highest BCUT2D eigenvalue weighted by molar-refractivity contribution is 5.74. The van der Waals surface area contributed by atoms with Crippen molar-refractivity contribution >= 4 is 17.8 Å². The monoisotopic (exact) mass is 432 g/mol. The van der Waals surface area contributed by atoms with Crippen LogP contribution in [0, 0.1) is 13.8 Å². The Morgan fingerprint density at radius 2 is 1.78 bits per heavy atom. The van der Waals surface area contributed by atoms with Gasteiger partial charge in [-0.15, -0.1) is 0 Å². The molecule has 3 aromatic rings. The van der Waals surface area contributed by atoms with E-state index >= 15 is 0 Å². The van der Waals surface area contributed by atoms with Crippen LogP contribution in [-0.4, -0.2) is 42.7 Å². The van der Waals surface area contributed by atoms with E-state index in [9.17, 15) is 4.79 Å². The zero-order chi connectivity index (χ0) is 22.6. The van der Waals surface area contributed by atoms with Crippen molar-refractivity contribution in [2.45, 2.75) is 13.8 Å². The molecule has 2 aromatic carbocycles. The maximum Gasteiger partial charge on any atom is 0.227 e. The van der Waals surface area contributed by atoms with Crippen LogP contribution in [-0.2, 0) is 9.53 Å². The lowest BCUT2D eigenvalue weighted by atomic mass is 10.2. The van der Waals surface area contributed by atoms with Gasteiger partial charge in [-0.25, -0.2) is 4.98 Å². The summed E-state index contributed by atoms with van der Waals surface area (Å²) in [5, 5.41) is 2.59. The molecule has 1 saturated heterocycles. The third kappa shape index (κ3) is 7.21. The Kier molecular flexibility index (Phi) is 8.77. The van der Waals surface area contributed by atoms with E-state index in [0.717, 1.165) is 31.9 Å². The Bertz CT molecular complexity index is 1040. The molecule has 0 radical (unpaired) electrons. The first-order valence-electron chi connectivity index (χ1n) is 10.5. The molecule has 0 bridgehead atoms. The number of benzene rings is 2. The van der Waals surface area contributed by atoms with Crippen molar-refractivity contribution in [2.24, 2.45) is 0 Å². The molecule has 2 heterocycles. The summed E-state index contributed by atoms with van der Waals surface area (Å²) < 4.78 is 10.8. The van der Waals surface area contributed by atoms with Gasteiger partial charge >= 0.3 is 0 Å². The Labute approximate surface area is 188 Å². The molecule has 1 aromatic heterocycles. The number of hydrogen-bond acceptors (Lipinski definition) is 6. The van der Waals surface area contributed by atoms with Gasteiger partial charge < -0.3 is 19.4 Å². The van der Waals surface area contributed by atoms with Crippen LogP contribution >= 0.6 is 0 Å². The second-order valence-electron chi connectivity index (χ2n) is 7.16. The summed E-state index contributed by atoms with van der Waals surface area (Å²) in [6, 6.07) is 19.4. The number of ether oxygens (including phenoxy) is 1. The summed E-state index contributed by atoms with van der Waals surface area (Å²) in [5.41, 5.74) is 4.06. The van der Waals surface area contributed by atoms with Gasteiger partial charge in [0.1, 0.15) is 5.82 Å². The van der Waals surface area contributed by atoms with Gasteiger partial charge in [0.2, 0.25) is 12.3 Å². The van der Waals surface area contributed by atoms with E-state index in [-0.39, 0.29) is 0 Å². The minimum atomic E-state index is 0.427. The first-order valence-corrected chi connectivity index (χ1v) is 10.5. The average Bonchev–Trinajstić information content (AvgIpc) is 2.93. The van der Waals surface area contributed by atoms with E-state index in [1.807, 2.05) is 12.1 Å². The summed E-state index contributed by atoms with van der Waals surface area (Å²) in [5.74, 6) is 1.01. The molecule has 7 nitrogen and oxygen atoms in total. The molecule has 166 valence electrons. The predicted octanol–water partition coefficient (Wildman–Crippen LogP) is 4.57. The van der Waals surface area contributed by atoms with Gasteiger partial charge in [-0.05, 0) is 56.3 Å². The second-order valence-corrected chi connectivity index (χ2v) is 7.16. The molecule has 7 heteroatoms. The maximum absolute atomic E-state index is 10.4. The van der Waals surface area contributed by atoms with Crippen LogP contribution in [0.15, 0.2) is 77.5 Å². The molecule has 0 atom stereocenters. The molecule has 1 aliphatic rings. The highest BCUT2D eigenvalue weighted by Crippen LogP contribution is 2.20. The molecule has 1 aliphatic heterocycles. The van der Waals surface area contributed by atoms with Crippen molar-refractivity contribution in [1.82, 2.24) is 9.97 Å². The first kappa shape index (κ1) is 23.0. The smallest absolute Gasteiger partial charge is 0.227 e. The van der Waals surface area contributed by atoms with E-state index in [1.54, 1.807) is 37.4 Å². The van der Waals surface area contributed by atoms with Gasteiger partial charge in [-0.1, -0.05) is 23.8 Å². The van der Waals surface area contributed by atoms with Crippen LogP contribution in [0.4, 0.5) is 11.4 Å². The summed E-state index contributed by atoms with van der Waals surface area (Å²) in [6.07, 6.45) is 3.80. The summed E-state index contributed by atoms with van der Waals surface area (Å²) >= 11 is 0. The molecule has 4 rings (SSSR count). The standard InChI is InChI=1S/C14H13N3O2.C11H15NO/c1-11-15-7-2-3-8-19-14(17-11)12-5-4-6-13(9-12)16-10-18;1-10-2-4-11(5-3-10)12-6-8-13-9-7-12/h2-10H,1H3,(H,16,18);2-5H,6-9H2,1H3. The fraction of sp³-hybridized carbons (Fsp3) is 0.240. The summed E-state index contributed by atoms with van der Waals surface area (Å²) in [6.45, 7) is 7.64. The van der Waals surface area contributed by atoms with Crippen LogP contribution in [0.25, 0.3) is 11.5 Å². The summed E-state index contributed by atoms with van der Waals surface area (Å²) in [7, 11) is 0. The van der Waals surface area contributed by atoms with Crippen LogP contribution in [0.1, 0.15) is 11.4 Å². The summed E-state index contributed by atoms with van der Waals surface area (Å²) in [4.78, 5) is 21.2. The Balaban J connectivity index is 0.000000193. The average molecular weight is 433 g/mol. The molecule has 0 spiro atoms. The first-order chi connectivity index (χ1) is 15.7. The number of carbonyl (C=O) groups is 1. The van der Waals surface area contributed by atoms with Gasteiger partial charge in [0.05, 0.1) is 19.5 Å². The highest BCUT2D eigenvalue weighted by atomic mass is 16.5. The van der Waals surface area contributed by atoms with Crippen molar-refractivity contribution in [2.75, 3.05) is 36.5 Å². The lowest BCUT2D eigenvalue weighted by Gasteiger charge is -2.28. The largest absolute Gasteiger partial charge is 0.446 e. The van der Waals surface area contributed by atoms with Crippen LogP contribution in [0.3, 0.4) is 0 Å². The number of aryl methyl sites for hydroxylation is 2. The number of aromatic nitrogens is 2. The Hall–Kier alpha value is -3.71. The van der Waals surface area contributed by atoms with E-state index in [0.29, 0.717) is 23.8 Å². The van der Waals surface area contributed by atoms with Crippen molar-refractivity contribution in [3.05, 3.63) is 84.5 Å². The van der Waals surface area contributed by atoms with Crippen LogP contribution in [0.2, 0.25) is 0 Å². The normalized spacial score (nSPS) is 12.8. The zero-order valence-electron chi connectivity index (χ0n) is 18.4. The number of morpholine rings is 1. The molecule has 0 unspecified atom stereocenters. The topological polar surface area (TPSA) is 80.5 Å². The van der Waals surface area contributed by atoms with Crippen molar-refractivity contribution in [3.63, 3.8) is 0 Å². The van der Waals surface area contributed by atoms with Crippen molar-refractivity contribution < 1.29 is 13.9 Å². The molecule has 1 amide bonds. The quantitative estimate of drug-likeness (QED) is 0.609. The number of rotatable bonds is 4. The lowest BCUT2D eigenvalue weighted by Crippen LogP contribution is -2.36.